The molecule has 1 rings (SSSR count). The van der Waals surface area contributed by atoms with Gasteiger partial charge in [0.15, 0.2) is 9.84 Å². The highest BCUT2D eigenvalue weighted by atomic mass is 32.2. The van der Waals surface area contributed by atoms with Crippen molar-refractivity contribution < 1.29 is 27.5 Å². The Labute approximate surface area is 220 Å². The molecule has 0 fully saturated rings. The summed E-state index contributed by atoms with van der Waals surface area (Å²) in [5, 5.41) is 4.56. The Morgan fingerprint density at radius 3 is 1.89 bits per heavy atom. The van der Waals surface area contributed by atoms with Crippen molar-refractivity contribution in [3.63, 3.8) is 0 Å². The standard InChI is InChI=1S/C26H42N2O6S2/c1-16(2)15-19(22(29)28-21(23(30)27-9)25(3,4)5)20(24(31)34-26(6,7)8)35-17-11-13-18(14-12-17)36(10,32)33/h11-14,16,19-21H,15H2,1-10H3,(H,27,30)(H,28,29)/t19-,20+,21-/m1/s1. The number of ether oxygens (including phenoxy) is 1. The van der Waals surface area contributed by atoms with Crippen LogP contribution in [0.25, 0.3) is 0 Å². The third kappa shape index (κ3) is 10.1. The molecule has 2 amide bonds. The first kappa shape index (κ1) is 32.0. The minimum atomic E-state index is -3.38. The second-order valence-electron chi connectivity index (χ2n) is 11.5. The normalized spacial score (nSPS) is 15.1. The molecule has 2 N–H and O–H groups in total. The number of amides is 2. The summed E-state index contributed by atoms with van der Waals surface area (Å²) in [4.78, 5) is 40.4. The van der Waals surface area contributed by atoms with Gasteiger partial charge in [-0.25, -0.2) is 8.42 Å². The van der Waals surface area contributed by atoms with Gasteiger partial charge in [0, 0.05) is 18.2 Å². The van der Waals surface area contributed by atoms with E-state index in [0.717, 1.165) is 18.0 Å². The minimum Gasteiger partial charge on any atom is -0.459 e. The zero-order valence-electron chi connectivity index (χ0n) is 23.1. The van der Waals surface area contributed by atoms with Crippen LogP contribution in [0.3, 0.4) is 0 Å². The van der Waals surface area contributed by atoms with Crippen molar-refractivity contribution in [2.75, 3.05) is 13.3 Å². The maximum atomic E-state index is 13.7. The van der Waals surface area contributed by atoms with Crippen molar-refractivity contribution in [2.45, 2.75) is 88.5 Å². The number of hydrogen-bond acceptors (Lipinski definition) is 7. The van der Waals surface area contributed by atoms with E-state index in [1.807, 2.05) is 34.6 Å². The molecule has 3 atom stereocenters. The van der Waals surface area contributed by atoms with Gasteiger partial charge in [-0.15, -0.1) is 11.8 Å². The Balaban J connectivity index is 3.47. The molecule has 0 heterocycles. The van der Waals surface area contributed by atoms with Crippen molar-refractivity contribution in [3.05, 3.63) is 24.3 Å². The summed E-state index contributed by atoms with van der Waals surface area (Å²) in [5.41, 5.74) is -1.33. The largest absolute Gasteiger partial charge is 0.459 e. The van der Waals surface area contributed by atoms with E-state index in [4.69, 9.17) is 4.74 Å². The summed E-state index contributed by atoms with van der Waals surface area (Å²) in [5.74, 6) is -2.01. The van der Waals surface area contributed by atoms with Crippen LogP contribution in [0.5, 0.6) is 0 Å². The van der Waals surface area contributed by atoms with Crippen LogP contribution in [0.1, 0.15) is 61.8 Å². The molecule has 0 radical (unpaired) electrons. The molecule has 0 saturated carbocycles. The van der Waals surface area contributed by atoms with Gasteiger partial charge >= 0.3 is 5.97 Å². The molecule has 0 aliphatic carbocycles. The Kier molecular flexibility index (Phi) is 11.1. The number of benzene rings is 1. The Morgan fingerprint density at radius 1 is 0.972 bits per heavy atom. The molecule has 0 spiro atoms. The zero-order valence-corrected chi connectivity index (χ0v) is 24.7. The molecular weight excluding hydrogens is 500 g/mol. The summed E-state index contributed by atoms with van der Waals surface area (Å²) in [6.45, 7) is 14.7. The Hall–Kier alpha value is -2.07. The van der Waals surface area contributed by atoms with Crippen LogP contribution in [0.15, 0.2) is 34.1 Å². The highest BCUT2D eigenvalue weighted by molar-refractivity contribution is 8.00. The number of carbonyl (C=O) groups is 3. The first-order chi connectivity index (χ1) is 16.3. The van der Waals surface area contributed by atoms with E-state index in [-0.39, 0.29) is 16.7 Å². The number of esters is 1. The molecule has 0 saturated heterocycles. The number of nitrogens with one attached hydrogen (secondary N) is 2. The molecule has 8 nitrogen and oxygen atoms in total. The average molecular weight is 543 g/mol. The van der Waals surface area contributed by atoms with Gasteiger partial charge in [0.2, 0.25) is 11.8 Å². The summed E-state index contributed by atoms with van der Waals surface area (Å²) >= 11 is 1.15. The topological polar surface area (TPSA) is 119 Å². The van der Waals surface area contributed by atoms with Crippen LogP contribution >= 0.6 is 11.8 Å². The van der Waals surface area contributed by atoms with Gasteiger partial charge in [-0.3, -0.25) is 14.4 Å². The number of rotatable bonds is 10. The van der Waals surface area contributed by atoms with Crippen molar-refractivity contribution in [1.29, 1.82) is 0 Å². The van der Waals surface area contributed by atoms with E-state index in [2.05, 4.69) is 10.6 Å². The smallest absolute Gasteiger partial charge is 0.320 e. The molecule has 0 unspecified atom stereocenters. The maximum absolute atomic E-state index is 13.7. The highest BCUT2D eigenvalue weighted by Crippen LogP contribution is 2.35. The van der Waals surface area contributed by atoms with Crippen LogP contribution in [0, 0.1) is 17.3 Å². The number of sulfone groups is 1. The maximum Gasteiger partial charge on any atom is 0.320 e. The van der Waals surface area contributed by atoms with Gasteiger partial charge in [0.25, 0.3) is 0 Å². The number of carbonyl (C=O) groups excluding carboxylic acids is 3. The average Bonchev–Trinajstić information content (AvgIpc) is 2.71. The van der Waals surface area contributed by atoms with Gasteiger partial charge in [-0.2, -0.15) is 0 Å². The van der Waals surface area contributed by atoms with Crippen molar-refractivity contribution >= 4 is 39.4 Å². The zero-order chi connectivity index (χ0) is 28.1. The van der Waals surface area contributed by atoms with E-state index in [9.17, 15) is 22.8 Å². The molecule has 1 aromatic carbocycles. The van der Waals surface area contributed by atoms with E-state index >= 15 is 0 Å². The van der Waals surface area contributed by atoms with Gasteiger partial charge in [-0.1, -0.05) is 34.6 Å². The van der Waals surface area contributed by atoms with Crippen molar-refractivity contribution in [1.82, 2.24) is 10.6 Å². The highest BCUT2D eigenvalue weighted by Gasteiger charge is 2.41. The molecular formula is C26H42N2O6S2. The molecule has 0 aliphatic heterocycles. The SMILES string of the molecule is CNC(=O)[C@@H](NC(=O)[C@H](CC(C)C)[C@H](Sc1ccc(S(C)(=O)=O)cc1)C(=O)OC(C)(C)C)C(C)(C)C. The fourth-order valence-corrected chi connectivity index (χ4v) is 5.27. The first-order valence-electron chi connectivity index (χ1n) is 12.0. The van der Waals surface area contributed by atoms with E-state index in [0.29, 0.717) is 11.3 Å². The molecule has 1 aromatic rings. The lowest BCUT2D eigenvalue weighted by Crippen LogP contribution is -2.55. The van der Waals surface area contributed by atoms with Crippen LogP contribution in [0.4, 0.5) is 0 Å². The van der Waals surface area contributed by atoms with Gasteiger partial charge in [0.1, 0.15) is 16.9 Å². The quantitative estimate of drug-likeness (QED) is 0.341. The van der Waals surface area contributed by atoms with Crippen molar-refractivity contribution in [2.24, 2.45) is 17.3 Å². The van der Waals surface area contributed by atoms with Crippen LogP contribution < -0.4 is 10.6 Å². The summed E-state index contributed by atoms with van der Waals surface area (Å²) in [7, 11) is -1.86. The van der Waals surface area contributed by atoms with Crippen LogP contribution in [-0.2, 0) is 29.0 Å². The second-order valence-corrected chi connectivity index (χ2v) is 14.7. The molecule has 204 valence electrons. The summed E-state index contributed by atoms with van der Waals surface area (Å²) < 4.78 is 29.4. The predicted molar refractivity (Wildman–Crippen MR) is 143 cm³/mol. The third-order valence-electron chi connectivity index (χ3n) is 5.24. The van der Waals surface area contributed by atoms with E-state index < -0.39 is 49.9 Å². The van der Waals surface area contributed by atoms with Gasteiger partial charge < -0.3 is 15.4 Å². The molecule has 0 aliphatic rings. The second kappa shape index (κ2) is 12.4. The predicted octanol–water partition coefficient (Wildman–Crippen LogP) is 3.83. The number of hydrogen-bond donors (Lipinski definition) is 2. The Bertz CT molecular complexity index is 1020. The van der Waals surface area contributed by atoms with Crippen molar-refractivity contribution in [3.8, 4) is 0 Å². The van der Waals surface area contributed by atoms with Crippen LogP contribution in [-0.4, -0.2) is 56.4 Å². The fourth-order valence-electron chi connectivity index (χ4n) is 3.51. The Morgan fingerprint density at radius 2 is 1.50 bits per heavy atom. The van der Waals surface area contributed by atoms with Crippen LogP contribution in [0.2, 0.25) is 0 Å². The lowest BCUT2D eigenvalue weighted by molar-refractivity contribution is -0.156. The molecule has 0 bridgehead atoms. The number of thioether (sulfide) groups is 1. The lowest BCUT2D eigenvalue weighted by atomic mass is 9.85. The number of likely N-dealkylation sites (N-methyl/N-ethyl adjacent to an activating group) is 1. The summed E-state index contributed by atoms with van der Waals surface area (Å²) in [6, 6.07) is 5.38. The third-order valence-corrected chi connectivity index (χ3v) is 7.69. The molecule has 36 heavy (non-hydrogen) atoms. The lowest BCUT2D eigenvalue weighted by Gasteiger charge is -2.33. The molecule has 0 aromatic heterocycles. The van der Waals surface area contributed by atoms with Gasteiger partial charge in [0.05, 0.1) is 10.8 Å². The van der Waals surface area contributed by atoms with Gasteiger partial charge in [-0.05, 0) is 62.8 Å². The molecule has 10 heteroatoms. The van der Waals surface area contributed by atoms with E-state index in [1.54, 1.807) is 32.9 Å². The first-order valence-corrected chi connectivity index (χ1v) is 14.7. The fraction of sp³-hybridized carbons (Fsp3) is 0.654. The summed E-state index contributed by atoms with van der Waals surface area (Å²) in [6.07, 6.45) is 1.51. The minimum absolute atomic E-state index is 0.0759. The van der Waals surface area contributed by atoms with E-state index in [1.165, 1.54) is 19.2 Å². The monoisotopic (exact) mass is 542 g/mol.